The number of piperazine rings is 1. The van der Waals surface area contributed by atoms with E-state index in [1.54, 1.807) is 13.2 Å². The number of benzene rings is 1. The standard InChI is InChI=1S/C23H31ClN4O2/c1-4-5-12-28-23(24)21(18(2)25-28)10-11-22(29)27-15-13-26(14-16-27)17-19-6-8-20(30-3)9-7-19/h6-11H,4-5,12-17H2,1-3H3/p+1/b11-10+. The molecule has 0 radical (unpaired) electrons. The first kappa shape index (κ1) is 22.4. The van der Waals surface area contributed by atoms with Crippen LogP contribution in [0.3, 0.4) is 0 Å². The van der Waals surface area contributed by atoms with Gasteiger partial charge in [0.25, 0.3) is 0 Å². The van der Waals surface area contributed by atoms with Crippen LogP contribution in [0.1, 0.15) is 36.6 Å². The maximum Gasteiger partial charge on any atom is 0.246 e. The fourth-order valence-electron chi connectivity index (χ4n) is 3.72. The van der Waals surface area contributed by atoms with Gasteiger partial charge in [-0.05, 0) is 43.7 Å². The maximum atomic E-state index is 12.7. The highest BCUT2D eigenvalue weighted by Gasteiger charge is 2.22. The van der Waals surface area contributed by atoms with E-state index in [2.05, 4.69) is 24.2 Å². The molecule has 162 valence electrons. The van der Waals surface area contributed by atoms with Crippen molar-refractivity contribution in [1.82, 2.24) is 14.7 Å². The maximum absolute atomic E-state index is 12.7. The number of hydrogen-bond donors (Lipinski definition) is 1. The van der Waals surface area contributed by atoms with E-state index >= 15 is 0 Å². The summed E-state index contributed by atoms with van der Waals surface area (Å²) in [7, 11) is 1.68. The number of quaternary nitrogens is 1. The third-order valence-electron chi connectivity index (χ3n) is 5.62. The van der Waals surface area contributed by atoms with E-state index in [0.717, 1.165) is 69.1 Å². The third-order valence-corrected chi connectivity index (χ3v) is 6.02. The number of aryl methyl sites for hydroxylation is 2. The first-order chi connectivity index (χ1) is 14.5. The van der Waals surface area contributed by atoms with E-state index in [1.165, 1.54) is 10.5 Å². The predicted molar refractivity (Wildman–Crippen MR) is 120 cm³/mol. The number of unbranched alkanes of at least 4 members (excludes halogenated alkanes) is 1. The van der Waals surface area contributed by atoms with Crippen LogP contribution in [0.4, 0.5) is 0 Å². The zero-order chi connectivity index (χ0) is 21.5. The van der Waals surface area contributed by atoms with Crippen molar-refractivity contribution in [2.24, 2.45) is 0 Å². The highest BCUT2D eigenvalue weighted by molar-refractivity contribution is 6.31. The molecule has 30 heavy (non-hydrogen) atoms. The molecule has 3 rings (SSSR count). The molecular formula is C23H32ClN4O2+. The minimum Gasteiger partial charge on any atom is -0.497 e. The van der Waals surface area contributed by atoms with E-state index in [1.807, 2.05) is 34.7 Å². The van der Waals surface area contributed by atoms with Crippen LogP contribution in [0.15, 0.2) is 30.3 Å². The Morgan fingerprint density at radius 1 is 1.27 bits per heavy atom. The molecule has 0 saturated carbocycles. The monoisotopic (exact) mass is 431 g/mol. The second-order valence-corrected chi connectivity index (χ2v) is 8.16. The topological polar surface area (TPSA) is 51.8 Å². The van der Waals surface area contributed by atoms with Crippen molar-refractivity contribution in [3.05, 3.63) is 52.3 Å². The fourth-order valence-corrected chi connectivity index (χ4v) is 4.05. The van der Waals surface area contributed by atoms with Crippen molar-refractivity contribution >= 4 is 23.6 Å². The SMILES string of the molecule is CCCCn1nc(C)c(/C=C/C(=O)N2CC[NH+](Cc3ccc(OC)cc3)CC2)c1Cl. The molecule has 1 aliphatic rings. The molecule has 0 unspecified atom stereocenters. The summed E-state index contributed by atoms with van der Waals surface area (Å²) in [5.74, 6) is 0.914. The minimum atomic E-state index is 0.0373. The Labute approximate surface area is 184 Å². The minimum absolute atomic E-state index is 0.0373. The lowest BCUT2D eigenvalue weighted by molar-refractivity contribution is -0.917. The van der Waals surface area contributed by atoms with Gasteiger partial charge in [-0.3, -0.25) is 9.48 Å². The van der Waals surface area contributed by atoms with Crippen molar-refractivity contribution in [3.63, 3.8) is 0 Å². The smallest absolute Gasteiger partial charge is 0.246 e. The average Bonchev–Trinajstić information content (AvgIpc) is 3.04. The molecule has 1 N–H and O–H groups in total. The largest absolute Gasteiger partial charge is 0.497 e. The highest BCUT2D eigenvalue weighted by Crippen LogP contribution is 2.22. The van der Waals surface area contributed by atoms with Crippen LogP contribution in [0.2, 0.25) is 5.15 Å². The van der Waals surface area contributed by atoms with Crippen molar-refractivity contribution in [2.75, 3.05) is 33.3 Å². The molecule has 2 heterocycles. The van der Waals surface area contributed by atoms with Gasteiger partial charge in [0.2, 0.25) is 5.91 Å². The number of ether oxygens (including phenoxy) is 1. The number of carbonyl (C=O) groups is 1. The highest BCUT2D eigenvalue weighted by atomic mass is 35.5. The Balaban J connectivity index is 1.52. The van der Waals surface area contributed by atoms with Crippen molar-refractivity contribution in [2.45, 2.75) is 39.8 Å². The van der Waals surface area contributed by atoms with Crippen LogP contribution in [0.25, 0.3) is 6.08 Å². The number of rotatable bonds is 8. The number of hydrogen-bond acceptors (Lipinski definition) is 3. The van der Waals surface area contributed by atoms with E-state index in [9.17, 15) is 4.79 Å². The summed E-state index contributed by atoms with van der Waals surface area (Å²) in [6.45, 7) is 9.25. The summed E-state index contributed by atoms with van der Waals surface area (Å²) in [4.78, 5) is 16.1. The number of methoxy groups -OCH3 is 1. The van der Waals surface area contributed by atoms with Gasteiger partial charge in [-0.25, -0.2) is 0 Å². The molecule has 0 aliphatic carbocycles. The predicted octanol–water partition coefficient (Wildman–Crippen LogP) is 2.59. The van der Waals surface area contributed by atoms with Crippen LogP contribution in [0.5, 0.6) is 5.75 Å². The van der Waals surface area contributed by atoms with Crippen LogP contribution < -0.4 is 9.64 Å². The summed E-state index contributed by atoms with van der Waals surface area (Å²) in [6.07, 6.45) is 5.57. The molecule has 0 bridgehead atoms. The van der Waals surface area contributed by atoms with Gasteiger partial charge in [0, 0.05) is 23.7 Å². The number of amides is 1. The Kier molecular flexibility index (Phi) is 7.94. The molecule has 0 atom stereocenters. The molecule has 7 heteroatoms. The lowest BCUT2D eigenvalue weighted by atomic mass is 10.2. The van der Waals surface area contributed by atoms with Crippen LogP contribution in [-0.2, 0) is 17.9 Å². The Morgan fingerprint density at radius 2 is 1.97 bits per heavy atom. The van der Waals surface area contributed by atoms with Gasteiger partial charge in [0.05, 0.1) is 39.0 Å². The van der Waals surface area contributed by atoms with Crippen molar-refractivity contribution in [3.8, 4) is 5.75 Å². The molecule has 1 saturated heterocycles. The molecule has 2 aromatic rings. The van der Waals surface area contributed by atoms with Gasteiger partial charge < -0.3 is 14.5 Å². The van der Waals surface area contributed by atoms with E-state index in [4.69, 9.17) is 16.3 Å². The lowest BCUT2D eigenvalue weighted by Gasteiger charge is -2.31. The number of nitrogens with zero attached hydrogens (tertiary/aromatic N) is 3. The number of carbonyl (C=O) groups excluding carboxylic acids is 1. The quantitative estimate of drug-likeness (QED) is 0.653. The summed E-state index contributed by atoms with van der Waals surface area (Å²) in [5.41, 5.74) is 2.98. The third kappa shape index (κ3) is 5.64. The van der Waals surface area contributed by atoms with E-state index in [0.29, 0.717) is 5.15 Å². The fraction of sp³-hybridized carbons (Fsp3) is 0.478. The lowest BCUT2D eigenvalue weighted by Crippen LogP contribution is -3.13. The van der Waals surface area contributed by atoms with Crippen LogP contribution >= 0.6 is 11.6 Å². The summed E-state index contributed by atoms with van der Waals surface area (Å²) in [5, 5.41) is 5.11. The van der Waals surface area contributed by atoms with Gasteiger partial charge in [-0.15, -0.1) is 0 Å². The molecule has 1 fully saturated rings. The molecule has 1 aromatic heterocycles. The van der Waals surface area contributed by atoms with Gasteiger partial charge in [-0.2, -0.15) is 5.10 Å². The zero-order valence-corrected chi connectivity index (χ0v) is 18.9. The Hall–Kier alpha value is -2.31. The van der Waals surface area contributed by atoms with Crippen LogP contribution in [-0.4, -0.2) is 53.9 Å². The number of halogens is 1. The number of aromatic nitrogens is 2. The van der Waals surface area contributed by atoms with Crippen molar-refractivity contribution in [1.29, 1.82) is 0 Å². The van der Waals surface area contributed by atoms with Gasteiger partial charge in [0.15, 0.2) is 0 Å². The first-order valence-corrected chi connectivity index (χ1v) is 11.1. The van der Waals surface area contributed by atoms with E-state index in [-0.39, 0.29) is 5.91 Å². The number of nitrogens with one attached hydrogen (secondary N) is 1. The normalized spacial score (nSPS) is 15.1. The van der Waals surface area contributed by atoms with E-state index < -0.39 is 0 Å². The van der Waals surface area contributed by atoms with Gasteiger partial charge in [-0.1, -0.05) is 24.9 Å². The van der Waals surface area contributed by atoms with Crippen molar-refractivity contribution < 1.29 is 14.4 Å². The molecule has 1 amide bonds. The zero-order valence-electron chi connectivity index (χ0n) is 18.2. The molecule has 6 nitrogen and oxygen atoms in total. The molecule has 1 aromatic carbocycles. The summed E-state index contributed by atoms with van der Waals surface area (Å²) in [6, 6.07) is 8.21. The second-order valence-electron chi connectivity index (χ2n) is 7.80. The molecule has 1 aliphatic heterocycles. The first-order valence-electron chi connectivity index (χ1n) is 10.7. The van der Waals surface area contributed by atoms with Gasteiger partial charge >= 0.3 is 0 Å². The summed E-state index contributed by atoms with van der Waals surface area (Å²) >= 11 is 6.46. The second kappa shape index (κ2) is 10.6. The van der Waals surface area contributed by atoms with Crippen LogP contribution in [0, 0.1) is 6.92 Å². The van der Waals surface area contributed by atoms with Gasteiger partial charge in [0.1, 0.15) is 17.4 Å². The Bertz CT molecular complexity index is 868. The summed E-state index contributed by atoms with van der Waals surface area (Å²) < 4.78 is 7.04. The Morgan fingerprint density at radius 3 is 2.60 bits per heavy atom. The average molecular weight is 432 g/mol. The molecular weight excluding hydrogens is 400 g/mol. The molecule has 0 spiro atoms.